The van der Waals surface area contributed by atoms with Crippen molar-refractivity contribution in [3.8, 4) is 0 Å². The number of imidazole rings is 1. The molecule has 198 valence electrons. The lowest BCUT2D eigenvalue weighted by atomic mass is 9.86. The molecular formula is C29H41F2N3O2. The van der Waals surface area contributed by atoms with Gasteiger partial charge in [-0.2, -0.15) is 0 Å². The standard InChI is InChI=1S/C29H41F2N3O2/c1-28(2,3)27-32-24-17-22(7-8-25(24)34(27)18-20-9-13-29(30,31)14-10-20)26(35)33-15-11-23(12-16-33)36-19-21-5-4-6-21/h7-8,17,20-21,23H,4-6,9-16,18-19H2,1-3H3. The molecule has 1 aromatic heterocycles. The van der Waals surface area contributed by atoms with Gasteiger partial charge in [0.05, 0.1) is 17.1 Å². The highest BCUT2D eigenvalue weighted by molar-refractivity contribution is 5.97. The molecule has 2 saturated carbocycles. The summed E-state index contributed by atoms with van der Waals surface area (Å²) in [6.45, 7) is 9.40. The Morgan fingerprint density at radius 3 is 2.36 bits per heavy atom. The molecule has 0 unspecified atom stereocenters. The highest BCUT2D eigenvalue weighted by atomic mass is 19.3. The van der Waals surface area contributed by atoms with Crippen molar-refractivity contribution < 1.29 is 18.3 Å². The van der Waals surface area contributed by atoms with Gasteiger partial charge in [-0.05, 0) is 68.6 Å². The molecule has 2 aliphatic carbocycles. The number of nitrogens with zero attached hydrogens (tertiary/aromatic N) is 3. The van der Waals surface area contributed by atoms with Crippen LogP contribution in [-0.4, -0.2) is 52.1 Å². The average Bonchev–Trinajstić information content (AvgIpc) is 3.17. The number of ether oxygens (including phenoxy) is 1. The van der Waals surface area contributed by atoms with E-state index in [9.17, 15) is 13.6 Å². The largest absolute Gasteiger partial charge is 0.378 e. The summed E-state index contributed by atoms with van der Waals surface area (Å²) in [6, 6.07) is 5.82. The van der Waals surface area contributed by atoms with E-state index in [4.69, 9.17) is 9.72 Å². The Morgan fingerprint density at radius 2 is 1.75 bits per heavy atom. The molecule has 36 heavy (non-hydrogen) atoms. The van der Waals surface area contributed by atoms with Crippen LogP contribution in [0.1, 0.15) is 94.7 Å². The third-order valence-corrected chi connectivity index (χ3v) is 8.47. The highest BCUT2D eigenvalue weighted by Gasteiger charge is 2.36. The van der Waals surface area contributed by atoms with Crippen molar-refractivity contribution >= 4 is 16.9 Å². The summed E-state index contributed by atoms with van der Waals surface area (Å²) in [4.78, 5) is 20.2. The number of likely N-dealkylation sites (tertiary alicyclic amines) is 1. The van der Waals surface area contributed by atoms with Gasteiger partial charge in [-0.1, -0.05) is 27.2 Å². The predicted molar refractivity (Wildman–Crippen MR) is 138 cm³/mol. The van der Waals surface area contributed by atoms with E-state index in [-0.39, 0.29) is 36.2 Å². The minimum atomic E-state index is -2.52. The maximum atomic E-state index is 13.7. The molecule has 5 rings (SSSR count). The minimum absolute atomic E-state index is 0.0316. The average molecular weight is 502 g/mol. The Labute approximate surface area is 213 Å². The molecule has 1 amide bonds. The van der Waals surface area contributed by atoms with Crippen LogP contribution >= 0.6 is 0 Å². The van der Waals surface area contributed by atoms with E-state index in [1.165, 1.54) is 19.3 Å². The summed E-state index contributed by atoms with van der Waals surface area (Å²) in [5, 5.41) is 0. The van der Waals surface area contributed by atoms with Gasteiger partial charge in [-0.15, -0.1) is 0 Å². The SMILES string of the molecule is CC(C)(C)c1nc2cc(C(=O)N3CCC(OCC4CCC4)CC3)ccc2n1CC1CCC(F)(F)CC1. The van der Waals surface area contributed by atoms with Gasteiger partial charge in [-0.25, -0.2) is 13.8 Å². The van der Waals surface area contributed by atoms with Crippen LogP contribution in [0.2, 0.25) is 0 Å². The number of hydrogen-bond donors (Lipinski definition) is 0. The minimum Gasteiger partial charge on any atom is -0.378 e. The second kappa shape index (κ2) is 10.0. The van der Waals surface area contributed by atoms with Crippen molar-refractivity contribution in [1.82, 2.24) is 14.5 Å². The fraction of sp³-hybridized carbons (Fsp3) is 0.724. The summed E-state index contributed by atoms with van der Waals surface area (Å²) in [5.41, 5.74) is 2.27. The first-order chi connectivity index (χ1) is 17.1. The van der Waals surface area contributed by atoms with Gasteiger partial charge >= 0.3 is 0 Å². The normalized spacial score (nSPS) is 22.2. The molecule has 3 aliphatic rings. The first-order valence-electron chi connectivity index (χ1n) is 13.9. The van der Waals surface area contributed by atoms with Crippen LogP contribution < -0.4 is 0 Å². The Morgan fingerprint density at radius 1 is 1.06 bits per heavy atom. The Kier molecular flexibility index (Phi) is 7.14. The number of piperidine rings is 1. The molecule has 0 radical (unpaired) electrons. The molecule has 0 atom stereocenters. The lowest BCUT2D eigenvalue weighted by Gasteiger charge is -2.34. The molecule has 1 aliphatic heterocycles. The zero-order chi connectivity index (χ0) is 25.5. The molecule has 0 N–H and O–H groups in total. The lowest BCUT2D eigenvalue weighted by molar-refractivity contribution is -0.0473. The Hall–Kier alpha value is -2.02. The molecule has 1 saturated heterocycles. The van der Waals surface area contributed by atoms with Crippen molar-refractivity contribution in [3.63, 3.8) is 0 Å². The Balaban J connectivity index is 1.28. The van der Waals surface area contributed by atoms with Gasteiger partial charge in [-0.3, -0.25) is 4.79 Å². The second-order valence-electron chi connectivity index (χ2n) is 12.4. The van der Waals surface area contributed by atoms with E-state index >= 15 is 0 Å². The lowest BCUT2D eigenvalue weighted by Crippen LogP contribution is -2.41. The fourth-order valence-electron chi connectivity index (χ4n) is 5.90. The number of carbonyl (C=O) groups excluding carboxylic acids is 1. The number of aromatic nitrogens is 2. The monoisotopic (exact) mass is 501 g/mol. The highest BCUT2D eigenvalue weighted by Crippen LogP contribution is 2.38. The quantitative estimate of drug-likeness (QED) is 0.449. The molecule has 2 aromatic rings. The number of rotatable bonds is 6. The van der Waals surface area contributed by atoms with Crippen molar-refractivity contribution in [2.75, 3.05) is 19.7 Å². The van der Waals surface area contributed by atoms with Crippen molar-refractivity contribution in [3.05, 3.63) is 29.6 Å². The topological polar surface area (TPSA) is 47.4 Å². The van der Waals surface area contributed by atoms with Crippen LogP contribution in [0.5, 0.6) is 0 Å². The first-order valence-corrected chi connectivity index (χ1v) is 13.9. The second-order valence-corrected chi connectivity index (χ2v) is 12.4. The summed E-state index contributed by atoms with van der Waals surface area (Å²) in [5.74, 6) is -0.558. The molecule has 3 fully saturated rings. The van der Waals surface area contributed by atoms with Crippen LogP contribution in [0.25, 0.3) is 11.0 Å². The number of halogens is 2. The summed E-state index contributed by atoms with van der Waals surface area (Å²) in [6.07, 6.45) is 6.98. The fourth-order valence-corrected chi connectivity index (χ4v) is 5.90. The third kappa shape index (κ3) is 5.61. The molecule has 2 heterocycles. The number of carbonyl (C=O) groups is 1. The summed E-state index contributed by atoms with van der Waals surface area (Å²) < 4.78 is 35.7. The molecule has 0 bridgehead atoms. The van der Waals surface area contributed by atoms with Crippen molar-refractivity contribution in [2.24, 2.45) is 11.8 Å². The van der Waals surface area contributed by atoms with E-state index < -0.39 is 5.92 Å². The van der Waals surface area contributed by atoms with Crippen molar-refractivity contribution in [1.29, 1.82) is 0 Å². The number of alkyl halides is 2. The van der Waals surface area contributed by atoms with Gasteiger partial charge in [0.2, 0.25) is 5.92 Å². The molecule has 5 nitrogen and oxygen atoms in total. The van der Waals surface area contributed by atoms with Gasteiger partial charge in [0.1, 0.15) is 5.82 Å². The van der Waals surface area contributed by atoms with Crippen LogP contribution in [0.15, 0.2) is 18.2 Å². The first kappa shape index (κ1) is 25.6. The van der Waals surface area contributed by atoms with E-state index in [0.717, 1.165) is 55.3 Å². The van der Waals surface area contributed by atoms with Crippen LogP contribution in [-0.2, 0) is 16.7 Å². The Bertz CT molecular complexity index is 1070. The van der Waals surface area contributed by atoms with Gasteiger partial charge in [0, 0.05) is 50.1 Å². The number of fused-ring (bicyclic) bond motifs is 1. The maximum Gasteiger partial charge on any atom is 0.253 e. The smallest absolute Gasteiger partial charge is 0.253 e. The van der Waals surface area contributed by atoms with Gasteiger partial charge in [0.15, 0.2) is 0 Å². The van der Waals surface area contributed by atoms with Crippen LogP contribution in [0.3, 0.4) is 0 Å². The molecule has 0 spiro atoms. The number of hydrogen-bond acceptors (Lipinski definition) is 3. The van der Waals surface area contributed by atoms with E-state index in [1.54, 1.807) is 0 Å². The zero-order valence-electron chi connectivity index (χ0n) is 22.1. The van der Waals surface area contributed by atoms with Crippen LogP contribution in [0, 0.1) is 11.8 Å². The van der Waals surface area contributed by atoms with Crippen molar-refractivity contribution in [2.45, 2.75) is 103 Å². The van der Waals surface area contributed by atoms with E-state index in [1.807, 2.05) is 23.1 Å². The summed E-state index contributed by atoms with van der Waals surface area (Å²) >= 11 is 0. The predicted octanol–water partition coefficient (Wildman–Crippen LogP) is 6.58. The summed E-state index contributed by atoms with van der Waals surface area (Å²) in [7, 11) is 0. The van der Waals surface area contributed by atoms with Gasteiger partial charge < -0.3 is 14.2 Å². The van der Waals surface area contributed by atoms with Gasteiger partial charge in [0.25, 0.3) is 5.91 Å². The molecular weight excluding hydrogens is 460 g/mol. The number of benzene rings is 1. The van der Waals surface area contributed by atoms with Crippen LogP contribution in [0.4, 0.5) is 8.78 Å². The number of amides is 1. The third-order valence-electron chi connectivity index (χ3n) is 8.47. The zero-order valence-corrected chi connectivity index (χ0v) is 22.1. The molecule has 7 heteroatoms. The van der Waals surface area contributed by atoms with E-state index in [0.29, 0.717) is 24.9 Å². The maximum absolute atomic E-state index is 13.7. The molecule has 1 aromatic carbocycles. The van der Waals surface area contributed by atoms with E-state index in [2.05, 4.69) is 25.3 Å².